The number of nitrogens with zero attached hydrogens (tertiary/aromatic N) is 1. The van der Waals surface area contributed by atoms with Crippen LogP contribution in [0.5, 0.6) is 5.75 Å². The fourth-order valence-corrected chi connectivity index (χ4v) is 4.90. The second-order valence-corrected chi connectivity index (χ2v) is 9.32. The first kappa shape index (κ1) is 21.6. The molecule has 0 spiro atoms. The average molecular weight is 432 g/mol. The Morgan fingerprint density at radius 3 is 2.66 bits per heavy atom. The van der Waals surface area contributed by atoms with Gasteiger partial charge < -0.3 is 9.84 Å². The van der Waals surface area contributed by atoms with Crippen LogP contribution in [0.25, 0.3) is 10.2 Å². The number of carboxylic acid groups (broad SMARTS) is 1. The highest BCUT2D eigenvalue weighted by Gasteiger charge is 2.13. The van der Waals surface area contributed by atoms with E-state index in [4.69, 9.17) is 26.4 Å². The summed E-state index contributed by atoms with van der Waals surface area (Å²) in [5.74, 6) is 0.566. The Kier molecular flexibility index (Phi) is 6.81. The molecule has 0 bridgehead atoms. The summed E-state index contributed by atoms with van der Waals surface area (Å²) in [6.07, 6.45) is 1.60. The molecule has 0 unspecified atom stereocenters. The summed E-state index contributed by atoms with van der Waals surface area (Å²) in [7, 11) is 0. The van der Waals surface area contributed by atoms with Gasteiger partial charge in [0.15, 0.2) is 0 Å². The van der Waals surface area contributed by atoms with Crippen molar-refractivity contribution in [2.24, 2.45) is 5.92 Å². The lowest BCUT2D eigenvalue weighted by Crippen LogP contribution is -2.03. The van der Waals surface area contributed by atoms with Gasteiger partial charge in [0.25, 0.3) is 0 Å². The Morgan fingerprint density at radius 1 is 1.21 bits per heavy atom. The van der Waals surface area contributed by atoms with Gasteiger partial charge in [0.1, 0.15) is 12.4 Å². The number of thiazole rings is 1. The number of aromatic nitrogens is 1. The van der Waals surface area contributed by atoms with E-state index in [2.05, 4.69) is 13.8 Å². The first-order chi connectivity index (χ1) is 13.7. The molecule has 6 heteroatoms. The van der Waals surface area contributed by atoms with E-state index in [1.807, 2.05) is 38.1 Å². The van der Waals surface area contributed by atoms with Gasteiger partial charge in [-0.05, 0) is 61.1 Å². The van der Waals surface area contributed by atoms with Gasteiger partial charge in [-0.1, -0.05) is 31.5 Å². The van der Waals surface area contributed by atoms with E-state index in [1.165, 1.54) is 0 Å². The fourth-order valence-electron chi connectivity index (χ4n) is 3.33. The fraction of sp³-hybridized carbons (Fsp3) is 0.391. The SMILES string of the molecule is Cc1c(CCC(=O)O)ccc(OCc2cc(Cl)cc3sc(CC(C)C)nc23)c1C. The zero-order valence-electron chi connectivity index (χ0n) is 17.2. The number of hydrogen-bond donors (Lipinski definition) is 1. The molecule has 0 aliphatic heterocycles. The van der Waals surface area contributed by atoms with Gasteiger partial charge in [0.05, 0.1) is 15.2 Å². The van der Waals surface area contributed by atoms with Crippen LogP contribution in [-0.4, -0.2) is 16.1 Å². The molecule has 29 heavy (non-hydrogen) atoms. The molecule has 2 aromatic carbocycles. The van der Waals surface area contributed by atoms with Gasteiger partial charge in [0, 0.05) is 23.4 Å². The number of carboxylic acids is 1. The quantitative estimate of drug-likeness (QED) is 0.450. The van der Waals surface area contributed by atoms with Crippen molar-refractivity contribution in [3.63, 3.8) is 0 Å². The van der Waals surface area contributed by atoms with E-state index < -0.39 is 5.97 Å². The molecule has 1 aromatic heterocycles. The number of aryl methyl sites for hydroxylation is 1. The van der Waals surface area contributed by atoms with Gasteiger partial charge in [-0.3, -0.25) is 4.79 Å². The molecule has 3 aromatic rings. The number of hydrogen-bond acceptors (Lipinski definition) is 4. The third-order valence-corrected chi connectivity index (χ3v) is 6.25. The summed E-state index contributed by atoms with van der Waals surface area (Å²) in [5, 5.41) is 10.7. The second-order valence-electron chi connectivity index (χ2n) is 7.77. The Bertz CT molecular complexity index is 1040. The maximum absolute atomic E-state index is 10.8. The molecule has 0 saturated carbocycles. The number of benzene rings is 2. The van der Waals surface area contributed by atoms with Crippen molar-refractivity contribution in [3.05, 3.63) is 56.5 Å². The van der Waals surface area contributed by atoms with Crippen molar-refractivity contribution in [2.75, 3.05) is 0 Å². The van der Waals surface area contributed by atoms with Gasteiger partial charge in [-0.15, -0.1) is 11.3 Å². The van der Waals surface area contributed by atoms with Crippen LogP contribution in [0.4, 0.5) is 0 Å². The number of rotatable bonds is 8. The predicted molar refractivity (Wildman–Crippen MR) is 119 cm³/mol. The largest absolute Gasteiger partial charge is 0.489 e. The van der Waals surface area contributed by atoms with Gasteiger partial charge >= 0.3 is 5.97 Å². The Labute approximate surface area is 180 Å². The average Bonchev–Trinajstić information content (AvgIpc) is 3.03. The van der Waals surface area contributed by atoms with Crippen LogP contribution in [0.2, 0.25) is 5.02 Å². The lowest BCUT2D eigenvalue weighted by atomic mass is 9.99. The molecule has 154 valence electrons. The smallest absolute Gasteiger partial charge is 0.303 e. The molecule has 0 aliphatic rings. The second kappa shape index (κ2) is 9.14. The van der Waals surface area contributed by atoms with Crippen molar-refractivity contribution in [1.82, 2.24) is 4.98 Å². The summed E-state index contributed by atoms with van der Waals surface area (Å²) < 4.78 is 7.21. The van der Waals surface area contributed by atoms with E-state index >= 15 is 0 Å². The number of carbonyl (C=O) groups is 1. The summed E-state index contributed by atoms with van der Waals surface area (Å²) in [5.41, 5.74) is 5.09. The lowest BCUT2D eigenvalue weighted by Gasteiger charge is -2.14. The van der Waals surface area contributed by atoms with Gasteiger partial charge in [-0.25, -0.2) is 4.98 Å². The van der Waals surface area contributed by atoms with Gasteiger partial charge in [-0.2, -0.15) is 0 Å². The minimum atomic E-state index is -0.785. The Morgan fingerprint density at radius 2 is 1.97 bits per heavy atom. The van der Waals surface area contributed by atoms with Crippen LogP contribution >= 0.6 is 22.9 Å². The molecule has 0 aliphatic carbocycles. The molecule has 1 N–H and O–H groups in total. The molecule has 3 rings (SSSR count). The molecular weight excluding hydrogens is 406 g/mol. The van der Waals surface area contributed by atoms with E-state index in [0.29, 0.717) is 24.0 Å². The number of fused-ring (bicyclic) bond motifs is 1. The molecule has 0 fully saturated rings. The maximum Gasteiger partial charge on any atom is 0.303 e. The van der Waals surface area contributed by atoms with Crippen LogP contribution < -0.4 is 4.74 Å². The van der Waals surface area contributed by atoms with Crippen LogP contribution in [0.1, 0.15) is 47.5 Å². The highest BCUT2D eigenvalue weighted by molar-refractivity contribution is 7.18. The van der Waals surface area contributed by atoms with E-state index in [9.17, 15) is 4.79 Å². The number of aliphatic carboxylic acids is 1. The highest BCUT2D eigenvalue weighted by Crippen LogP contribution is 2.32. The third kappa shape index (κ3) is 5.28. The molecule has 0 atom stereocenters. The number of halogens is 1. The maximum atomic E-state index is 10.8. The molecule has 4 nitrogen and oxygen atoms in total. The molecule has 0 radical (unpaired) electrons. The summed E-state index contributed by atoms with van der Waals surface area (Å²) >= 11 is 8.03. The minimum Gasteiger partial charge on any atom is -0.489 e. The van der Waals surface area contributed by atoms with E-state index in [1.54, 1.807) is 11.3 Å². The molecule has 0 amide bonds. The van der Waals surface area contributed by atoms with Crippen LogP contribution in [0.3, 0.4) is 0 Å². The predicted octanol–water partition coefficient (Wildman–Crippen LogP) is 6.36. The highest BCUT2D eigenvalue weighted by atomic mass is 35.5. The minimum absolute atomic E-state index is 0.128. The van der Waals surface area contributed by atoms with Crippen molar-refractivity contribution in [2.45, 2.75) is 53.6 Å². The van der Waals surface area contributed by atoms with Crippen LogP contribution in [0, 0.1) is 19.8 Å². The third-order valence-electron chi connectivity index (χ3n) is 5.01. The summed E-state index contributed by atoms with van der Waals surface area (Å²) in [6.45, 7) is 8.78. The normalized spacial score (nSPS) is 11.4. The van der Waals surface area contributed by atoms with Crippen molar-refractivity contribution < 1.29 is 14.6 Å². The van der Waals surface area contributed by atoms with E-state index in [-0.39, 0.29) is 6.42 Å². The lowest BCUT2D eigenvalue weighted by molar-refractivity contribution is -0.136. The molecule has 1 heterocycles. The van der Waals surface area contributed by atoms with Crippen molar-refractivity contribution >= 4 is 39.1 Å². The summed E-state index contributed by atoms with van der Waals surface area (Å²) in [4.78, 5) is 15.7. The van der Waals surface area contributed by atoms with E-state index in [0.717, 1.165) is 49.6 Å². The first-order valence-corrected chi connectivity index (χ1v) is 11.0. The monoisotopic (exact) mass is 431 g/mol. The topological polar surface area (TPSA) is 59.4 Å². The van der Waals surface area contributed by atoms with Crippen LogP contribution in [0.15, 0.2) is 24.3 Å². The number of ether oxygens (including phenoxy) is 1. The first-order valence-electron chi connectivity index (χ1n) is 9.76. The molecule has 0 saturated heterocycles. The van der Waals surface area contributed by atoms with Crippen molar-refractivity contribution in [1.29, 1.82) is 0 Å². The Balaban J connectivity index is 1.82. The summed E-state index contributed by atoms with van der Waals surface area (Å²) in [6, 6.07) is 7.77. The zero-order chi connectivity index (χ0) is 21.1. The zero-order valence-corrected chi connectivity index (χ0v) is 18.8. The van der Waals surface area contributed by atoms with Crippen LogP contribution in [-0.2, 0) is 24.2 Å². The van der Waals surface area contributed by atoms with Gasteiger partial charge in [0.2, 0.25) is 0 Å². The standard InChI is InChI=1S/C23H26ClNO3S/c1-13(2)9-21-25-23-17(10-18(24)11-20(23)29-21)12-28-19-7-5-16(6-8-22(26)27)14(3)15(19)4/h5,7,10-11,13H,6,8-9,12H2,1-4H3,(H,26,27). The Hall–Kier alpha value is -2.11. The van der Waals surface area contributed by atoms with Crippen molar-refractivity contribution in [3.8, 4) is 5.75 Å². The molecular formula is C23H26ClNO3S.